The lowest BCUT2D eigenvalue weighted by molar-refractivity contribution is 0.632. The summed E-state index contributed by atoms with van der Waals surface area (Å²) in [5.74, 6) is 0.682. The highest BCUT2D eigenvalue weighted by atomic mass is 16.3. The van der Waals surface area contributed by atoms with Crippen LogP contribution in [0.15, 0.2) is 180 Å². The first-order valence-corrected chi connectivity index (χ1v) is 18.1. The standard InChI is InChI=1S/C49H35N3O/c1-49(2)39-21-11-13-23-44(39)52(45-27-25-35(30-40(45)49)34-26-28-47-38(29-34)36-19-10-14-24-46(36)53-47)43-22-12-9-20-37(43)48-50-41(32-15-5-3-6-16-32)31-42(51-48)33-17-7-4-8-18-33/h3-31H,1-2H3. The SMILES string of the molecule is CC1(C)c2ccccc2N(c2ccccc2-c2nc(-c3ccccc3)cc(-c3ccccc3)n2)c2ccc(-c3ccc4oc5ccccc5c4c3)cc21. The van der Waals surface area contributed by atoms with Crippen LogP contribution in [0, 0.1) is 0 Å². The summed E-state index contributed by atoms with van der Waals surface area (Å²) in [5, 5.41) is 2.26. The van der Waals surface area contributed by atoms with Gasteiger partial charge in [0.15, 0.2) is 5.82 Å². The Kier molecular flexibility index (Phi) is 7.12. The normalized spacial score (nSPS) is 13.2. The van der Waals surface area contributed by atoms with Gasteiger partial charge < -0.3 is 9.32 Å². The zero-order chi connectivity index (χ0) is 35.5. The predicted molar refractivity (Wildman–Crippen MR) is 218 cm³/mol. The van der Waals surface area contributed by atoms with E-state index in [2.05, 4.69) is 170 Å². The average Bonchev–Trinajstić information content (AvgIpc) is 3.60. The molecule has 0 saturated carbocycles. The number of fused-ring (bicyclic) bond motifs is 5. The molecule has 0 spiro atoms. The molecule has 0 aliphatic carbocycles. The van der Waals surface area contributed by atoms with Gasteiger partial charge in [0.25, 0.3) is 0 Å². The summed E-state index contributed by atoms with van der Waals surface area (Å²) in [4.78, 5) is 12.9. The van der Waals surface area contributed by atoms with Crippen LogP contribution >= 0.6 is 0 Å². The lowest BCUT2D eigenvalue weighted by Gasteiger charge is -2.42. The molecule has 2 aromatic heterocycles. The fraction of sp³-hybridized carbons (Fsp3) is 0.0612. The summed E-state index contributed by atoms with van der Waals surface area (Å²) in [7, 11) is 0. The molecule has 0 unspecified atom stereocenters. The van der Waals surface area contributed by atoms with Gasteiger partial charge in [-0.05, 0) is 76.9 Å². The summed E-state index contributed by atoms with van der Waals surface area (Å²) in [6.45, 7) is 4.67. The van der Waals surface area contributed by atoms with E-state index in [0.29, 0.717) is 5.82 Å². The number of rotatable bonds is 5. The van der Waals surface area contributed by atoms with E-state index in [1.54, 1.807) is 0 Å². The number of benzene rings is 7. The molecule has 0 amide bonds. The Morgan fingerprint density at radius 3 is 1.75 bits per heavy atom. The largest absolute Gasteiger partial charge is 0.456 e. The monoisotopic (exact) mass is 681 g/mol. The maximum absolute atomic E-state index is 6.16. The molecule has 9 aromatic rings. The molecule has 4 heteroatoms. The number of hydrogen-bond donors (Lipinski definition) is 0. The van der Waals surface area contributed by atoms with Crippen LogP contribution in [0.1, 0.15) is 25.0 Å². The van der Waals surface area contributed by atoms with Gasteiger partial charge in [0.1, 0.15) is 11.2 Å². The number of nitrogens with zero attached hydrogens (tertiary/aromatic N) is 3. The van der Waals surface area contributed by atoms with Crippen molar-refractivity contribution in [2.24, 2.45) is 0 Å². The van der Waals surface area contributed by atoms with Gasteiger partial charge in [-0.1, -0.05) is 135 Å². The molecule has 4 nitrogen and oxygen atoms in total. The van der Waals surface area contributed by atoms with Crippen molar-refractivity contribution >= 4 is 39.0 Å². The van der Waals surface area contributed by atoms with E-state index in [0.717, 1.165) is 72.6 Å². The third-order valence-corrected chi connectivity index (χ3v) is 10.7. The Morgan fingerprint density at radius 1 is 0.434 bits per heavy atom. The Hall–Kier alpha value is -6.78. The van der Waals surface area contributed by atoms with Crippen LogP contribution in [0.4, 0.5) is 17.1 Å². The van der Waals surface area contributed by atoms with E-state index in [1.807, 2.05) is 24.3 Å². The van der Waals surface area contributed by atoms with E-state index < -0.39 is 0 Å². The molecular formula is C49H35N3O. The van der Waals surface area contributed by atoms with Gasteiger partial charge in [0.2, 0.25) is 0 Å². The van der Waals surface area contributed by atoms with E-state index in [-0.39, 0.29) is 5.41 Å². The first-order chi connectivity index (χ1) is 26.0. The Bertz CT molecular complexity index is 2760. The predicted octanol–water partition coefficient (Wildman–Crippen LogP) is 13.2. The Balaban J connectivity index is 1.16. The molecule has 1 aliphatic rings. The topological polar surface area (TPSA) is 42.2 Å². The fourth-order valence-corrected chi connectivity index (χ4v) is 7.99. The van der Waals surface area contributed by atoms with Crippen LogP contribution < -0.4 is 4.90 Å². The van der Waals surface area contributed by atoms with Crippen LogP contribution in [0.3, 0.4) is 0 Å². The summed E-state index contributed by atoms with van der Waals surface area (Å²) < 4.78 is 6.16. The zero-order valence-electron chi connectivity index (χ0n) is 29.5. The molecule has 7 aromatic carbocycles. The van der Waals surface area contributed by atoms with Crippen LogP contribution in [0.25, 0.3) is 67.0 Å². The van der Waals surface area contributed by atoms with Crippen molar-refractivity contribution in [2.45, 2.75) is 19.3 Å². The molecule has 1 aliphatic heterocycles. The third kappa shape index (κ3) is 5.14. The van der Waals surface area contributed by atoms with E-state index >= 15 is 0 Å². The highest BCUT2D eigenvalue weighted by Crippen LogP contribution is 2.54. The zero-order valence-corrected chi connectivity index (χ0v) is 29.5. The number of aromatic nitrogens is 2. The van der Waals surface area contributed by atoms with Crippen molar-refractivity contribution in [1.82, 2.24) is 9.97 Å². The smallest absolute Gasteiger partial charge is 0.162 e. The molecular weight excluding hydrogens is 647 g/mol. The van der Waals surface area contributed by atoms with E-state index in [1.165, 1.54) is 16.7 Å². The van der Waals surface area contributed by atoms with Crippen molar-refractivity contribution in [3.05, 3.63) is 187 Å². The number of furan rings is 1. The fourth-order valence-electron chi connectivity index (χ4n) is 7.99. The van der Waals surface area contributed by atoms with Crippen LogP contribution in [0.5, 0.6) is 0 Å². The van der Waals surface area contributed by atoms with Crippen LogP contribution in [-0.4, -0.2) is 9.97 Å². The average molecular weight is 682 g/mol. The second-order valence-electron chi connectivity index (χ2n) is 14.2. The highest BCUT2D eigenvalue weighted by molar-refractivity contribution is 6.06. The summed E-state index contributed by atoms with van der Waals surface area (Å²) in [5.41, 5.74) is 14.6. The van der Waals surface area contributed by atoms with Crippen LogP contribution in [-0.2, 0) is 5.41 Å². The molecule has 0 fully saturated rings. The third-order valence-electron chi connectivity index (χ3n) is 10.7. The van der Waals surface area contributed by atoms with E-state index in [4.69, 9.17) is 14.4 Å². The molecule has 53 heavy (non-hydrogen) atoms. The van der Waals surface area contributed by atoms with Crippen molar-refractivity contribution in [1.29, 1.82) is 0 Å². The van der Waals surface area contributed by atoms with Gasteiger partial charge >= 0.3 is 0 Å². The first kappa shape index (κ1) is 31.0. The van der Waals surface area contributed by atoms with Crippen molar-refractivity contribution in [3.63, 3.8) is 0 Å². The molecule has 0 radical (unpaired) electrons. The number of anilines is 3. The van der Waals surface area contributed by atoms with E-state index in [9.17, 15) is 0 Å². The Labute approximate surface area is 308 Å². The Morgan fingerprint density at radius 2 is 1.00 bits per heavy atom. The van der Waals surface area contributed by atoms with Crippen molar-refractivity contribution in [2.75, 3.05) is 4.90 Å². The highest BCUT2D eigenvalue weighted by Gasteiger charge is 2.38. The van der Waals surface area contributed by atoms with Crippen molar-refractivity contribution in [3.8, 4) is 45.0 Å². The molecule has 0 bridgehead atoms. The van der Waals surface area contributed by atoms with Gasteiger partial charge in [-0.3, -0.25) is 0 Å². The maximum Gasteiger partial charge on any atom is 0.162 e. The van der Waals surface area contributed by atoms with Crippen LogP contribution in [0.2, 0.25) is 0 Å². The minimum atomic E-state index is -0.260. The second kappa shape index (κ2) is 12.2. The molecule has 0 atom stereocenters. The molecule has 10 rings (SSSR count). The lowest BCUT2D eigenvalue weighted by Crippen LogP contribution is -2.30. The van der Waals surface area contributed by atoms with Crippen molar-refractivity contribution < 1.29 is 4.42 Å². The first-order valence-electron chi connectivity index (χ1n) is 18.1. The van der Waals surface area contributed by atoms with Gasteiger partial charge in [-0.15, -0.1) is 0 Å². The lowest BCUT2D eigenvalue weighted by atomic mass is 9.72. The van der Waals surface area contributed by atoms with Gasteiger partial charge in [-0.25, -0.2) is 9.97 Å². The summed E-state index contributed by atoms with van der Waals surface area (Å²) in [6, 6.07) is 61.9. The number of hydrogen-bond acceptors (Lipinski definition) is 4. The minimum absolute atomic E-state index is 0.260. The summed E-state index contributed by atoms with van der Waals surface area (Å²) in [6.07, 6.45) is 0. The summed E-state index contributed by atoms with van der Waals surface area (Å²) >= 11 is 0. The molecule has 0 N–H and O–H groups in total. The second-order valence-corrected chi connectivity index (χ2v) is 14.2. The van der Waals surface area contributed by atoms with Gasteiger partial charge in [-0.2, -0.15) is 0 Å². The quantitative estimate of drug-likeness (QED) is 0.181. The molecule has 252 valence electrons. The molecule has 0 saturated heterocycles. The number of para-hydroxylation sites is 3. The van der Waals surface area contributed by atoms with Gasteiger partial charge in [0.05, 0.1) is 28.5 Å². The maximum atomic E-state index is 6.16. The van der Waals surface area contributed by atoms with Gasteiger partial charge in [0, 0.05) is 32.9 Å². The minimum Gasteiger partial charge on any atom is -0.456 e. The molecule has 3 heterocycles.